The number of hydrogen-bond donors (Lipinski definition) is 0. The Hall–Kier alpha value is -1.94. The van der Waals surface area contributed by atoms with Crippen molar-refractivity contribution < 1.29 is 0 Å². The molecule has 3 aromatic rings. The summed E-state index contributed by atoms with van der Waals surface area (Å²) < 4.78 is 1.91. The van der Waals surface area contributed by atoms with Crippen LogP contribution in [0.5, 0.6) is 0 Å². The van der Waals surface area contributed by atoms with E-state index in [0.717, 1.165) is 35.1 Å². The summed E-state index contributed by atoms with van der Waals surface area (Å²) in [7, 11) is 0. The molecule has 0 aliphatic rings. The Morgan fingerprint density at radius 1 is 1.21 bits per heavy atom. The van der Waals surface area contributed by atoms with Crippen LogP contribution in [0.25, 0.3) is 16.5 Å². The molecule has 0 saturated heterocycles. The van der Waals surface area contributed by atoms with Crippen LogP contribution in [0.3, 0.4) is 0 Å². The lowest BCUT2D eigenvalue weighted by molar-refractivity contribution is 0.805. The lowest BCUT2D eigenvalue weighted by atomic mass is 10.1. The predicted molar refractivity (Wildman–Crippen MR) is 75.7 cm³/mol. The normalized spacial score (nSPS) is 11.1. The van der Waals surface area contributed by atoms with Gasteiger partial charge in [-0.3, -0.25) is 9.55 Å². The lowest BCUT2D eigenvalue weighted by Crippen LogP contribution is -2.02. The zero-order chi connectivity index (χ0) is 13.2. The predicted octanol–water partition coefficient (Wildman–Crippen LogP) is 3.42. The van der Waals surface area contributed by atoms with Gasteiger partial charge >= 0.3 is 0 Å². The summed E-state index contributed by atoms with van der Waals surface area (Å²) in [5.41, 5.74) is 0.998. The first kappa shape index (κ1) is 12.1. The van der Waals surface area contributed by atoms with Gasteiger partial charge in [-0.05, 0) is 30.2 Å². The molecule has 0 aliphatic carbocycles. The second-order valence-electron chi connectivity index (χ2n) is 4.34. The van der Waals surface area contributed by atoms with Crippen molar-refractivity contribution in [2.75, 3.05) is 0 Å². The van der Waals surface area contributed by atoms with Gasteiger partial charge in [0.05, 0.1) is 5.69 Å². The first-order chi connectivity index (χ1) is 9.31. The summed E-state index contributed by atoms with van der Waals surface area (Å²) in [6, 6.07) is 8.03. The average molecular weight is 273 g/mol. The number of benzene rings is 1. The number of halogens is 1. The smallest absolute Gasteiger partial charge is 0.229 e. The summed E-state index contributed by atoms with van der Waals surface area (Å²) in [6.07, 6.45) is 5.47. The molecular formula is C14H13ClN4. The van der Waals surface area contributed by atoms with Gasteiger partial charge in [0, 0.05) is 29.6 Å². The van der Waals surface area contributed by atoms with Crippen molar-refractivity contribution in [3.63, 3.8) is 0 Å². The molecule has 0 saturated carbocycles. The third-order valence-corrected chi connectivity index (χ3v) is 3.31. The van der Waals surface area contributed by atoms with E-state index in [1.54, 1.807) is 6.20 Å². The Balaban J connectivity index is 2.27. The standard InChI is InChI=1S/C14H13ClN4/c1-2-4-13-17-18-14(15)19(13)12-6-3-5-10-9-16-8-7-11(10)12/h3,5-9H,2,4H2,1H3. The monoisotopic (exact) mass is 272 g/mol. The van der Waals surface area contributed by atoms with E-state index >= 15 is 0 Å². The fraction of sp³-hybridized carbons (Fsp3) is 0.214. The Morgan fingerprint density at radius 3 is 2.95 bits per heavy atom. The Morgan fingerprint density at radius 2 is 2.11 bits per heavy atom. The number of hydrogen-bond acceptors (Lipinski definition) is 3. The lowest BCUT2D eigenvalue weighted by Gasteiger charge is -2.10. The van der Waals surface area contributed by atoms with Crippen LogP contribution in [0.4, 0.5) is 0 Å². The minimum atomic E-state index is 0.396. The summed E-state index contributed by atoms with van der Waals surface area (Å²) in [6.45, 7) is 2.11. The third-order valence-electron chi connectivity index (χ3n) is 3.06. The van der Waals surface area contributed by atoms with Gasteiger partial charge in [0.1, 0.15) is 5.82 Å². The second-order valence-corrected chi connectivity index (χ2v) is 4.68. The number of aromatic nitrogens is 4. The highest BCUT2D eigenvalue weighted by atomic mass is 35.5. The summed E-state index contributed by atoms with van der Waals surface area (Å²) >= 11 is 6.19. The molecule has 0 unspecified atom stereocenters. The highest BCUT2D eigenvalue weighted by Gasteiger charge is 2.13. The number of rotatable bonds is 3. The second kappa shape index (κ2) is 4.97. The molecule has 0 spiro atoms. The number of aryl methyl sites for hydroxylation is 1. The molecule has 0 amide bonds. The Kier molecular flexibility index (Phi) is 3.17. The van der Waals surface area contributed by atoms with E-state index in [1.807, 2.05) is 35.0 Å². The average Bonchev–Trinajstić information content (AvgIpc) is 2.80. The number of pyridine rings is 1. The van der Waals surface area contributed by atoms with Crippen LogP contribution in [0.2, 0.25) is 5.28 Å². The summed E-state index contributed by atoms with van der Waals surface area (Å²) in [5.74, 6) is 0.886. The van der Waals surface area contributed by atoms with Crippen molar-refractivity contribution in [3.05, 3.63) is 47.8 Å². The van der Waals surface area contributed by atoms with Crippen LogP contribution < -0.4 is 0 Å². The van der Waals surface area contributed by atoms with E-state index < -0.39 is 0 Å². The highest BCUT2D eigenvalue weighted by molar-refractivity contribution is 6.28. The summed E-state index contributed by atoms with van der Waals surface area (Å²) in [4.78, 5) is 4.14. The van der Waals surface area contributed by atoms with Gasteiger partial charge in [0.15, 0.2) is 0 Å². The van der Waals surface area contributed by atoms with Crippen molar-refractivity contribution >= 4 is 22.4 Å². The molecule has 0 fully saturated rings. The van der Waals surface area contributed by atoms with E-state index in [0.29, 0.717) is 5.28 Å². The molecule has 2 aromatic heterocycles. The molecule has 5 heteroatoms. The van der Waals surface area contributed by atoms with Crippen LogP contribution >= 0.6 is 11.6 Å². The van der Waals surface area contributed by atoms with Gasteiger partial charge in [-0.1, -0.05) is 19.1 Å². The minimum absolute atomic E-state index is 0.396. The van der Waals surface area contributed by atoms with Crippen molar-refractivity contribution in [3.8, 4) is 5.69 Å². The first-order valence-corrected chi connectivity index (χ1v) is 6.62. The van der Waals surface area contributed by atoms with E-state index in [9.17, 15) is 0 Å². The van der Waals surface area contributed by atoms with Gasteiger partial charge in [0.25, 0.3) is 0 Å². The molecule has 3 rings (SSSR count). The summed E-state index contributed by atoms with van der Waals surface area (Å²) in [5, 5.41) is 10.7. The molecule has 0 atom stereocenters. The molecule has 0 N–H and O–H groups in total. The fourth-order valence-electron chi connectivity index (χ4n) is 2.22. The van der Waals surface area contributed by atoms with E-state index in [2.05, 4.69) is 22.1 Å². The van der Waals surface area contributed by atoms with Crippen molar-refractivity contribution in [1.29, 1.82) is 0 Å². The maximum Gasteiger partial charge on any atom is 0.229 e. The van der Waals surface area contributed by atoms with Crippen molar-refractivity contribution in [2.45, 2.75) is 19.8 Å². The maximum atomic E-state index is 6.19. The maximum absolute atomic E-state index is 6.19. The van der Waals surface area contributed by atoms with E-state index in [1.165, 1.54) is 0 Å². The zero-order valence-electron chi connectivity index (χ0n) is 10.5. The quantitative estimate of drug-likeness (QED) is 0.734. The Labute approximate surface area is 116 Å². The van der Waals surface area contributed by atoms with Crippen molar-refractivity contribution in [2.24, 2.45) is 0 Å². The largest absolute Gasteiger partial charge is 0.269 e. The molecule has 0 bridgehead atoms. The first-order valence-electron chi connectivity index (χ1n) is 6.24. The van der Waals surface area contributed by atoms with Gasteiger partial charge in [0.2, 0.25) is 5.28 Å². The van der Waals surface area contributed by atoms with E-state index in [4.69, 9.17) is 11.6 Å². The highest BCUT2D eigenvalue weighted by Crippen LogP contribution is 2.25. The van der Waals surface area contributed by atoms with Gasteiger partial charge < -0.3 is 0 Å². The molecule has 1 aromatic carbocycles. The number of nitrogens with zero attached hydrogens (tertiary/aromatic N) is 4. The third kappa shape index (κ3) is 2.08. The van der Waals surface area contributed by atoms with Crippen LogP contribution in [-0.4, -0.2) is 19.7 Å². The molecule has 96 valence electrons. The van der Waals surface area contributed by atoms with E-state index in [-0.39, 0.29) is 0 Å². The molecule has 2 heterocycles. The molecular weight excluding hydrogens is 260 g/mol. The molecule has 19 heavy (non-hydrogen) atoms. The topological polar surface area (TPSA) is 43.6 Å². The van der Waals surface area contributed by atoms with Crippen molar-refractivity contribution in [1.82, 2.24) is 19.7 Å². The number of fused-ring (bicyclic) bond motifs is 1. The SMILES string of the molecule is CCCc1nnc(Cl)n1-c1cccc2cnccc12. The zero-order valence-corrected chi connectivity index (χ0v) is 11.3. The molecule has 0 aliphatic heterocycles. The van der Waals surface area contributed by atoms with Gasteiger partial charge in [-0.25, -0.2) is 0 Å². The van der Waals surface area contributed by atoms with Crippen LogP contribution in [-0.2, 0) is 6.42 Å². The van der Waals surface area contributed by atoms with Crippen LogP contribution in [0.15, 0.2) is 36.7 Å². The van der Waals surface area contributed by atoms with Crippen LogP contribution in [0.1, 0.15) is 19.2 Å². The van der Waals surface area contributed by atoms with Crippen LogP contribution in [0, 0.1) is 0 Å². The van der Waals surface area contributed by atoms with Gasteiger partial charge in [-0.2, -0.15) is 0 Å². The minimum Gasteiger partial charge on any atom is -0.269 e. The molecule has 4 nitrogen and oxygen atoms in total. The van der Waals surface area contributed by atoms with Gasteiger partial charge in [-0.15, -0.1) is 10.2 Å². The fourth-order valence-corrected chi connectivity index (χ4v) is 2.45. The Bertz CT molecular complexity index is 715. The molecule has 0 radical (unpaired) electrons.